The van der Waals surface area contributed by atoms with E-state index >= 15 is 0 Å². The molecule has 0 radical (unpaired) electrons. The molecule has 0 amide bonds. The van der Waals surface area contributed by atoms with Gasteiger partial charge in [-0.25, -0.2) is 0 Å². The fraction of sp³-hybridized carbons (Fsp3) is 0. The molecule has 0 aliphatic heterocycles. The number of nitrogens with zero attached hydrogens (tertiary/aromatic N) is 1. The molecule has 2 aromatic heterocycles. The summed E-state index contributed by atoms with van der Waals surface area (Å²) < 4.78 is 5.00. The van der Waals surface area contributed by atoms with Crippen molar-refractivity contribution in [1.29, 1.82) is 0 Å². The van der Waals surface area contributed by atoms with Crippen LogP contribution in [0.2, 0.25) is 5.02 Å². The highest BCUT2D eigenvalue weighted by Crippen LogP contribution is 2.46. The number of hydrogen-bond acceptors (Lipinski definition) is 1. The van der Waals surface area contributed by atoms with Gasteiger partial charge in [-0.2, -0.15) is 0 Å². The lowest BCUT2D eigenvalue weighted by Crippen LogP contribution is -1.92. The number of thiophene rings is 1. The average Bonchev–Trinajstić information content (AvgIpc) is 3.44. The standard InChI is InChI=1S/C32H18ClNS/c33-21-13-15-26-25(18-21)30-27(34(26)22-7-2-1-3-8-22)16-14-24-31-28(35-32(24)30)17-12-20-11-10-19-6-4-5-9-23(19)29(20)31/h1-18H. The molecule has 1 nitrogen and oxygen atoms in total. The monoisotopic (exact) mass is 483 g/mol. The van der Waals surface area contributed by atoms with Gasteiger partial charge < -0.3 is 4.57 Å². The third kappa shape index (κ3) is 2.64. The summed E-state index contributed by atoms with van der Waals surface area (Å²) >= 11 is 8.43. The van der Waals surface area contributed by atoms with Crippen LogP contribution in [-0.4, -0.2) is 4.57 Å². The van der Waals surface area contributed by atoms with E-state index in [1.807, 2.05) is 17.4 Å². The molecule has 0 fully saturated rings. The minimum absolute atomic E-state index is 0.763. The number of aromatic nitrogens is 1. The van der Waals surface area contributed by atoms with Gasteiger partial charge in [0.2, 0.25) is 0 Å². The molecular weight excluding hydrogens is 466 g/mol. The minimum atomic E-state index is 0.763. The summed E-state index contributed by atoms with van der Waals surface area (Å²) in [6.07, 6.45) is 0. The van der Waals surface area contributed by atoms with Gasteiger partial charge in [-0.3, -0.25) is 0 Å². The summed E-state index contributed by atoms with van der Waals surface area (Å²) in [4.78, 5) is 0. The van der Waals surface area contributed by atoms with Gasteiger partial charge in [0.1, 0.15) is 0 Å². The topological polar surface area (TPSA) is 4.93 Å². The molecular formula is C32H18ClNS. The van der Waals surface area contributed by atoms with E-state index < -0.39 is 0 Å². The highest BCUT2D eigenvalue weighted by Gasteiger charge is 2.19. The van der Waals surface area contributed by atoms with Crippen LogP contribution in [0.1, 0.15) is 0 Å². The zero-order chi connectivity index (χ0) is 23.1. The van der Waals surface area contributed by atoms with Gasteiger partial charge in [0.15, 0.2) is 0 Å². The van der Waals surface area contributed by atoms with Crippen molar-refractivity contribution >= 4 is 86.5 Å². The van der Waals surface area contributed by atoms with Crippen LogP contribution in [-0.2, 0) is 0 Å². The van der Waals surface area contributed by atoms with Crippen molar-refractivity contribution in [3.8, 4) is 5.69 Å². The number of halogens is 1. The largest absolute Gasteiger partial charge is 0.309 e. The van der Waals surface area contributed by atoms with E-state index in [1.165, 1.54) is 63.5 Å². The zero-order valence-corrected chi connectivity index (χ0v) is 20.2. The summed E-state index contributed by atoms with van der Waals surface area (Å²) in [6.45, 7) is 0. The average molecular weight is 484 g/mol. The fourth-order valence-corrected chi connectivity index (χ4v) is 7.19. The van der Waals surface area contributed by atoms with Crippen LogP contribution in [0.5, 0.6) is 0 Å². The lowest BCUT2D eigenvalue weighted by atomic mass is 9.97. The molecule has 0 spiro atoms. The molecule has 0 N–H and O–H groups in total. The Morgan fingerprint density at radius 3 is 2.23 bits per heavy atom. The first-order valence-corrected chi connectivity index (χ1v) is 12.9. The van der Waals surface area contributed by atoms with Crippen LogP contribution in [0.25, 0.3) is 69.2 Å². The quantitative estimate of drug-likeness (QED) is 0.205. The zero-order valence-electron chi connectivity index (χ0n) is 18.6. The van der Waals surface area contributed by atoms with Crippen molar-refractivity contribution in [1.82, 2.24) is 4.57 Å². The van der Waals surface area contributed by atoms with Gasteiger partial charge in [0.05, 0.1) is 11.0 Å². The Morgan fingerprint density at radius 1 is 0.543 bits per heavy atom. The summed E-state index contributed by atoms with van der Waals surface area (Å²) in [5, 5.41) is 11.1. The Balaban J connectivity index is 1.62. The van der Waals surface area contributed by atoms with Crippen molar-refractivity contribution in [3.63, 3.8) is 0 Å². The highest BCUT2D eigenvalue weighted by atomic mass is 35.5. The third-order valence-electron chi connectivity index (χ3n) is 7.21. The molecule has 0 saturated carbocycles. The Morgan fingerprint density at radius 2 is 1.31 bits per heavy atom. The van der Waals surface area contributed by atoms with Crippen molar-refractivity contribution in [3.05, 3.63) is 114 Å². The van der Waals surface area contributed by atoms with Crippen molar-refractivity contribution in [2.24, 2.45) is 0 Å². The lowest BCUT2D eigenvalue weighted by Gasteiger charge is -2.08. The van der Waals surface area contributed by atoms with E-state index in [1.54, 1.807) is 0 Å². The summed E-state index contributed by atoms with van der Waals surface area (Å²) in [5.74, 6) is 0. The SMILES string of the molecule is Clc1ccc2c(c1)c1c3sc4ccc5ccc6ccccc6c5c4c3ccc1n2-c1ccccc1. The van der Waals surface area contributed by atoms with E-state index in [9.17, 15) is 0 Å². The van der Waals surface area contributed by atoms with Crippen LogP contribution < -0.4 is 0 Å². The third-order valence-corrected chi connectivity index (χ3v) is 8.64. The smallest absolute Gasteiger partial charge is 0.0555 e. The molecule has 0 aliphatic carbocycles. The van der Waals surface area contributed by atoms with Gasteiger partial charge in [-0.05, 0) is 64.0 Å². The molecule has 35 heavy (non-hydrogen) atoms. The van der Waals surface area contributed by atoms with Crippen molar-refractivity contribution < 1.29 is 0 Å². The van der Waals surface area contributed by atoms with Gasteiger partial charge in [-0.1, -0.05) is 78.3 Å². The first-order chi connectivity index (χ1) is 17.3. The summed E-state index contributed by atoms with van der Waals surface area (Å²) in [6, 6.07) is 39.2. The molecule has 0 atom stereocenters. The number of rotatable bonds is 1. The number of benzene rings is 6. The van der Waals surface area contributed by atoms with E-state index in [-0.39, 0.29) is 0 Å². The molecule has 3 heteroatoms. The molecule has 0 unspecified atom stereocenters. The Hall–Kier alpha value is -3.85. The number of hydrogen-bond donors (Lipinski definition) is 0. The lowest BCUT2D eigenvalue weighted by molar-refractivity contribution is 1.18. The minimum Gasteiger partial charge on any atom is -0.309 e. The van der Waals surface area contributed by atoms with Crippen LogP contribution in [0.3, 0.4) is 0 Å². The van der Waals surface area contributed by atoms with Crippen LogP contribution in [0, 0.1) is 0 Å². The van der Waals surface area contributed by atoms with Crippen LogP contribution in [0.15, 0.2) is 109 Å². The molecule has 0 aliphatic rings. The summed E-state index contributed by atoms with van der Waals surface area (Å²) in [7, 11) is 0. The van der Waals surface area contributed by atoms with Crippen LogP contribution in [0.4, 0.5) is 0 Å². The first kappa shape index (κ1) is 19.5. The maximum absolute atomic E-state index is 6.54. The Bertz CT molecular complexity index is 2120. The van der Waals surface area contributed by atoms with E-state index in [2.05, 4.69) is 108 Å². The molecule has 0 bridgehead atoms. The first-order valence-electron chi connectivity index (χ1n) is 11.7. The van der Waals surface area contributed by atoms with Crippen molar-refractivity contribution in [2.45, 2.75) is 0 Å². The Kier molecular flexibility index (Phi) is 3.94. The molecule has 8 aromatic rings. The molecule has 0 saturated heterocycles. The normalized spacial score (nSPS) is 12.1. The van der Waals surface area contributed by atoms with Gasteiger partial charge in [-0.15, -0.1) is 11.3 Å². The maximum Gasteiger partial charge on any atom is 0.0555 e. The van der Waals surface area contributed by atoms with E-state index in [0.717, 1.165) is 10.7 Å². The number of fused-ring (bicyclic) bond motifs is 11. The van der Waals surface area contributed by atoms with Crippen molar-refractivity contribution in [2.75, 3.05) is 0 Å². The molecule has 2 heterocycles. The molecule has 8 rings (SSSR count). The predicted molar refractivity (Wildman–Crippen MR) is 154 cm³/mol. The fourth-order valence-electron chi connectivity index (χ4n) is 5.75. The van der Waals surface area contributed by atoms with Crippen LogP contribution >= 0.6 is 22.9 Å². The van der Waals surface area contributed by atoms with Gasteiger partial charge in [0.25, 0.3) is 0 Å². The van der Waals surface area contributed by atoms with Gasteiger partial charge in [0, 0.05) is 41.7 Å². The predicted octanol–water partition coefficient (Wildman–Crippen LogP) is 10.1. The van der Waals surface area contributed by atoms with E-state index in [4.69, 9.17) is 11.6 Å². The Labute approximate surface area is 210 Å². The summed E-state index contributed by atoms with van der Waals surface area (Å²) in [5.41, 5.74) is 3.55. The maximum atomic E-state index is 6.54. The molecule has 164 valence electrons. The second-order valence-electron chi connectivity index (χ2n) is 9.09. The second kappa shape index (κ2) is 7.08. The molecule has 6 aromatic carbocycles. The second-order valence-corrected chi connectivity index (χ2v) is 10.6. The van der Waals surface area contributed by atoms with Gasteiger partial charge >= 0.3 is 0 Å². The highest BCUT2D eigenvalue weighted by molar-refractivity contribution is 7.27. The number of para-hydroxylation sites is 1. The van der Waals surface area contributed by atoms with E-state index in [0.29, 0.717) is 0 Å².